The molecular formula is C14H18N2O2S. The molecule has 19 heavy (non-hydrogen) atoms. The fourth-order valence-electron chi connectivity index (χ4n) is 1.79. The van der Waals surface area contributed by atoms with Crippen LogP contribution in [0.5, 0.6) is 5.75 Å². The number of ether oxygens (including phenoxy) is 1. The molecule has 0 aliphatic heterocycles. The Hall–Kier alpha value is -1.59. The molecule has 0 aliphatic carbocycles. The van der Waals surface area contributed by atoms with Crippen molar-refractivity contribution in [3.8, 4) is 5.75 Å². The molecule has 0 radical (unpaired) electrons. The van der Waals surface area contributed by atoms with Gasteiger partial charge in [-0.25, -0.2) is 4.98 Å². The van der Waals surface area contributed by atoms with Gasteiger partial charge in [0.1, 0.15) is 5.75 Å². The number of thiazole rings is 1. The van der Waals surface area contributed by atoms with E-state index in [0.717, 1.165) is 27.7 Å². The number of anilines is 1. The summed E-state index contributed by atoms with van der Waals surface area (Å²) in [4.78, 5) is 4.40. The first kappa shape index (κ1) is 13.8. The summed E-state index contributed by atoms with van der Waals surface area (Å²) in [6, 6.07) is 5.73. The molecule has 0 bridgehead atoms. The molecule has 0 unspecified atom stereocenters. The summed E-state index contributed by atoms with van der Waals surface area (Å²) in [7, 11) is 0. The summed E-state index contributed by atoms with van der Waals surface area (Å²) in [5.41, 5.74) is 2.78. The monoisotopic (exact) mass is 278 g/mol. The zero-order valence-corrected chi connectivity index (χ0v) is 12.0. The third-order valence-electron chi connectivity index (χ3n) is 2.67. The molecule has 5 heteroatoms. The van der Waals surface area contributed by atoms with Crippen molar-refractivity contribution >= 4 is 17.0 Å². The lowest BCUT2D eigenvalue weighted by Gasteiger charge is -2.11. The van der Waals surface area contributed by atoms with Crippen LogP contribution in [0.4, 0.5) is 5.69 Å². The Labute approximate surface area is 117 Å². The van der Waals surface area contributed by atoms with Crippen LogP contribution in [-0.4, -0.2) is 16.7 Å². The predicted molar refractivity (Wildman–Crippen MR) is 77.7 cm³/mol. The van der Waals surface area contributed by atoms with E-state index in [4.69, 9.17) is 4.74 Å². The molecule has 1 aromatic carbocycles. The van der Waals surface area contributed by atoms with Gasteiger partial charge in [-0.1, -0.05) is 0 Å². The molecule has 0 atom stereocenters. The molecule has 2 rings (SSSR count). The number of nitrogens with zero attached hydrogens (tertiary/aromatic N) is 1. The topological polar surface area (TPSA) is 54.4 Å². The van der Waals surface area contributed by atoms with E-state index < -0.39 is 0 Å². The Morgan fingerprint density at radius 2 is 2.26 bits per heavy atom. The average Bonchev–Trinajstić information content (AvgIpc) is 2.83. The maximum Gasteiger partial charge on any atom is 0.124 e. The minimum atomic E-state index is -0.0271. The smallest absolute Gasteiger partial charge is 0.124 e. The largest absolute Gasteiger partial charge is 0.494 e. The molecule has 2 aromatic rings. The Morgan fingerprint density at radius 3 is 2.89 bits per heavy atom. The van der Waals surface area contributed by atoms with Gasteiger partial charge in [0.2, 0.25) is 0 Å². The van der Waals surface area contributed by atoms with Crippen molar-refractivity contribution in [3.05, 3.63) is 39.8 Å². The van der Waals surface area contributed by atoms with Crippen molar-refractivity contribution < 1.29 is 9.84 Å². The molecular weight excluding hydrogens is 260 g/mol. The summed E-state index contributed by atoms with van der Waals surface area (Å²) in [5.74, 6) is 0.736. The number of aryl methyl sites for hydroxylation is 1. The van der Waals surface area contributed by atoms with E-state index in [2.05, 4.69) is 10.3 Å². The van der Waals surface area contributed by atoms with Crippen molar-refractivity contribution in [1.29, 1.82) is 0 Å². The third-order valence-corrected chi connectivity index (χ3v) is 3.49. The lowest BCUT2D eigenvalue weighted by atomic mass is 10.2. The van der Waals surface area contributed by atoms with Gasteiger partial charge in [-0.05, 0) is 32.0 Å². The molecule has 1 heterocycles. The van der Waals surface area contributed by atoms with Gasteiger partial charge in [-0.3, -0.25) is 0 Å². The number of aliphatic hydroxyl groups is 1. The molecule has 1 aromatic heterocycles. The van der Waals surface area contributed by atoms with E-state index in [0.29, 0.717) is 13.2 Å². The van der Waals surface area contributed by atoms with Gasteiger partial charge in [0.25, 0.3) is 0 Å². The predicted octanol–water partition coefficient (Wildman–Crippen LogP) is 2.95. The van der Waals surface area contributed by atoms with Gasteiger partial charge < -0.3 is 15.2 Å². The standard InChI is InChI=1S/C14H18N2O2S/c1-3-18-14-5-4-12(6-11(14)8-17)15-7-13-9-19-10(2)16-13/h4-6,9,15,17H,3,7-8H2,1-2H3. The number of aromatic nitrogens is 1. The quantitative estimate of drug-likeness (QED) is 0.853. The maximum absolute atomic E-state index is 9.34. The van der Waals surface area contributed by atoms with E-state index in [1.807, 2.05) is 37.4 Å². The second-order valence-corrected chi connectivity index (χ2v) is 5.19. The Bertz CT molecular complexity index is 540. The lowest BCUT2D eigenvalue weighted by molar-refractivity contribution is 0.267. The maximum atomic E-state index is 9.34. The van der Waals surface area contributed by atoms with E-state index in [9.17, 15) is 5.11 Å². The number of nitrogens with one attached hydrogen (secondary N) is 1. The molecule has 4 nitrogen and oxygen atoms in total. The summed E-state index contributed by atoms with van der Waals surface area (Å²) < 4.78 is 5.45. The summed E-state index contributed by atoms with van der Waals surface area (Å²) in [6.45, 7) is 5.18. The first-order valence-electron chi connectivity index (χ1n) is 6.24. The first-order valence-corrected chi connectivity index (χ1v) is 7.12. The van der Waals surface area contributed by atoms with E-state index in [1.54, 1.807) is 11.3 Å². The molecule has 2 N–H and O–H groups in total. The van der Waals surface area contributed by atoms with Crippen LogP contribution >= 0.6 is 11.3 Å². The first-order chi connectivity index (χ1) is 9.22. The molecule has 0 saturated carbocycles. The zero-order chi connectivity index (χ0) is 13.7. The Balaban J connectivity index is 2.04. The van der Waals surface area contributed by atoms with Gasteiger partial charge in [0.05, 0.1) is 30.5 Å². The van der Waals surface area contributed by atoms with Crippen molar-refractivity contribution in [2.45, 2.75) is 27.0 Å². The molecule has 102 valence electrons. The highest BCUT2D eigenvalue weighted by Crippen LogP contribution is 2.23. The van der Waals surface area contributed by atoms with Crippen LogP contribution in [0, 0.1) is 6.92 Å². The van der Waals surface area contributed by atoms with Gasteiger partial charge in [-0.2, -0.15) is 0 Å². The van der Waals surface area contributed by atoms with Crippen LogP contribution in [0.25, 0.3) is 0 Å². The fourth-order valence-corrected chi connectivity index (χ4v) is 2.40. The number of rotatable bonds is 6. The number of hydrogen-bond donors (Lipinski definition) is 2. The third kappa shape index (κ3) is 3.68. The molecule has 0 saturated heterocycles. The van der Waals surface area contributed by atoms with E-state index in [-0.39, 0.29) is 6.61 Å². The zero-order valence-electron chi connectivity index (χ0n) is 11.1. The Kier molecular flexibility index (Phi) is 4.76. The van der Waals surface area contributed by atoms with Crippen LogP contribution < -0.4 is 10.1 Å². The minimum Gasteiger partial charge on any atom is -0.494 e. The van der Waals surface area contributed by atoms with Gasteiger partial charge in [0, 0.05) is 16.6 Å². The van der Waals surface area contributed by atoms with Crippen LogP contribution in [0.2, 0.25) is 0 Å². The van der Waals surface area contributed by atoms with Crippen LogP contribution in [0.3, 0.4) is 0 Å². The summed E-state index contributed by atoms with van der Waals surface area (Å²) in [5, 5.41) is 15.7. The summed E-state index contributed by atoms with van der Waals surface area (Å²) in [6.07, 6.45) is 0. The molecule has 0 amide bonds. The average molecular weight is 278 g/mol. The van der Waals surface area contributed by atoms with Crippen molar-refractivity contribution in [1.82, 2.24) is 4.98 Å². The summed E-state index contributed by atoms with van der Waals surface area (Å²) >= 11 is 1.65. The van der Waals surface area contributed by atoms with Gasteiger partial charge in [-0.15, -0.1) is 11.3 Å². The van der Waals surface area contributed by atoms with Crippen LogP contribution in [0.15, 0.2) is 23.6 Å². The normalized spacial score (nSPS) is 10.5. The highest BCUT2D eigenvalue weighted by atomic mass is 32.1. The highest BCUT2D eigenvalue weighted by Gasteiger charge is 2.04. The SMILES string of the molecule is CCOc1ccc(NCc2csc(C)n2)cc1CO. The second kappa shape index (κ2) is 6.54. The number of aliphatic hydroxyl groups excluding tert-OH is 1. The van der Waals surface area contributed by atoms with Crippen molar-refractivity contribution in [2.75, 3.05) is 11.9 Å². The van der Waals surface area contributed by atoms with E-state index in [1.165, 1.54) is 0 Å². The molecule has 0 spiro atoms. The molecule has 0 aliphatic rings. The number of hydrogen-bond acceptors (Lipinski definition) is 5. The fraction of sp³-hybridized carbons (Fsp3) is 0.357. The van der Waals surface area contributed by atoms with Gasteiger partial charge in [0.15, 0.2) is 0 Å². The number of benzene rings is 1. The Morgan fingerprint density at radius 1 is 1.42 bits per heavy atom. The highest BCUT2D eigenvalue weighted by molar-refractivity contribution is 7.09. The minimum absolute atomic E-state index is 0.0271. The van der Waals surface area contributed by atoms with Crippen molar-refractivity contribution in [2.24, 2.45) is 0 Å². The van der Waals surface area contributed by atoms with E-state index >= 15 is 0 Å². The second-order valence-electron chi connectivity index (χ2n) is 4.13. The van der Waals surface area contributed by atoms with Gasteiger partial charge >= 0.3 is 0 Å². The molecule has 0 fully saturated rings. The lowest BCUT2D eigenvalue weighted by Crippen LogP contribution is -2.02. The van der Waals surface area contributed by atoms with Crippen LogP contribution in [0.1, 0.15) is 23.2 Å². The van der Waals surface area contributed by atoms with Crippen molar-refractivity contribution in [3.63, 3.8) is 0 Å². The van der Waals surface area contributed by atoms with Crippen LogP contribution in [-0.2, 0) is 13.2 Å².